The molecule has 210 valence electrons. The van der Waals surface area contributed by atoms with Crippen LogP contribution in [0, 0.1) is 25.6 Å². The summed E-state index contributed by atoms with van der Waals surface area (Å²) in [5, 5.41) is 9.43. The van der Waals surface area contributed by atoms with Gasteiger partial charge in [0.05, 0.1) is 12.5 Å². The maximum Gasteiger partial charge on any atom is 0.306 e. The zero-order chi connectivity index (χ0) is 29.0. The molecule has 4 aromatic rings. The molecule has 0 saturated heterocycles. The van der Waals surface area contributed by atoms with Crippen LogP contribution in [0.15, 0.2) is 65.6 Å². The van der Waals surface area contributed by atoms with E-state index in [9.17, 15) is 14.7 Å². The van der Waals surface area contributed by atoms with Crippen LogP contribution in [0.4, 0.5) is 4.39 Å². The summed E-state index contributed by atoms with van der Waals surface area (Å²) < 4.78 is 29.0. The molecule has 1 unspecified atom stereocenters. The number of rotatable bonds is 6. The molecule has 7 heteroatoms. The van der Waals surface area contributed by atoms with E-state index >= 15 is 4.39 Å². The van der Waals surface area contributed by atoms with E-state index in [-0.39, 0.29) is 17.3 Å². The van der Waals surface area contributed by atoms with E-state index in [0.717, 1.165) is 44.5 Å². The van der Waals surface area contributed by atoms with Crippen LogP contribution in [0.1, 0.15) is 53.2 Å². The molecule has 41 heavy (non-hydrogen) atoms. The number of carbonyl (C=O) groups is 1. The first-order valence-corrected chi connectivity index (χ1v) is 13.9. The molecular formula is C34H32FNO5. The summed E-state index contributed by atoms with van der Waals surface area (Å²) in [6, 6.07) is 16.6. The summed E-state index contributed by atoms with van der Waals surface area (Å²) in [5.74, 6) is -0.721. The van der Waals surface area contributed by atoms with Crippen molar-refractivity contribution in [3.05, 3.63) is 105 Å². The molecule has 3 aromatic carbocycles. The van der Waals surface area contributed by atoms with Crippen LogP contribution in [-0.4, -0.2) is 22.2 Å². The predicted octanol–water partition coefficient (Wildman–Crippen LogP) is 6.74. The number of aryl methyl sites for hydroxylation is 3. The first-order chi connectivity index (χ1) is 19.6. The Bertz CT molecular complexity index is 1730. The summed E-state index contributed by atoms with van der Waals surface area (Å²) in [7, 11) is 1.73. The summed E-state index contributed by atoms with van der Waals surface area (Å²) in [5.41, 5.74) is 8.35. The number of ether oxygens (including phenoxy) is 2. The van der Waals surface area contributed by atoms with E-state index in [1.165, 1.54) is 6.07 Å². The Labute approximate surface area is 238 Å². The van der Waals surface area contributed by atoms with Gasteiger partial charge in [-0.25, -0.2) is 4.39 Å². The molecule has 0 bridgehead atoms. The van der Waals surface area contributed by atoms with E-state index in [1.807, 2.05) is 24.3 Å². The fraction of sp³-hybridized carbons (Fsp3) is 0.294. The molecule has 0 spiro atoms. The average Bonchev–Trinajstić information content (AvgIpc) is 3.55. The zero-order valence-corrected chi connectivity index (χ0v) is 23.5. The van der Waals surface area contributed by atoms with Crippen LogP contribution in [0.25, 0.3) is 22.3 Å². The maximum atomic E-state index is 15.3. The summed E-state index contributed by atoms with van der Waals surface area (Å²) in [4.78, 5) is 23.7. The lowest BCUT2D eigenvalue weighted by molar-refractivity contribution is -0.142. The highest BCUT2D eigenvalue weighted by Crippen LogP contribution is 2.45. The highest BCUT2D eigenvalue weighted by Gasteiger charge is 2.34. The van der Waals surface area contributed by atoms with E-state index in [2.05, 4.69) is 26.0 Å². The lowest BCUT2D eigenvalue weighted by atomic mass is 9.88. The van der Waals surface area contributed by atoms with E-state index < -0.39 is 18.0 Å². The fourth-order valence-corrected chi connectivity index (χ4v) is 6.35. The van der Waals surface area contributed by atoms with Crippen LogP contribution < -0.4 is 15.0 Å². The molecule has 2 heterocycles. The number of pyridine rings is 1. The fourth-order valence-electron chi connectivity index (χ4n) is 6.35. The monoisotopic (exact) mass is 553 g/mol. The minimum atomic E-state index is -0.855. The standard InChI is InChI=1S/C34H32FNO5/c1-18-13-22(21-11-12-36(4)31(37)15-21)14-19(2)32(18)25-7-9-28(35)33-26(25)8-10-29(33)41-23-5-6-24-27(20(3)34(38)39)17-40-30(24)16-23/h5-7,9,11-16,20,27,29H,8,10,17H2,1-4H3,(H,38,39)/t20?,27-,29+/m0/s1. The quantitative estimate of drug-likeness (QED) is 0.286. The van der Waals surface area contributed by atoms with Gasteiger partial charge in [-0.3, -0.25) is 9.59 Å². The largest absolute Gasteiger partial charge is 0.492 e. The van der Waals surface area contributed by atoms with Gasteiger partial charge in [0.2, 0.25) is 0 Å². The van der Waals surface area contributed by atoms with Gasteiger partial charge in [-0.1, -0.05) is 31.2 Å². The number of carboxylic acids is 1. The third-order valence-electron chi connectivity index (χ3n) is 8.60. The molecule has 0 fully saturated rings. The number of carboxylic acid groups (broad SMARTS) is 1. The summed E-state index contributed by atoms with van der Waals surface area (Å²) >= 11 is 0. The Balaban J connectivity index is 1.31. The second-order valence-electron chi connectivity index (χ2n) is 11.2. The van der Waals surface area contributed by atoms with Gasteiger partial charge in [0, 0.05) is 42.4 Å². The number of fused-ring (bicyclic) bond motifs is 2. The van der Waals surface area contributed by atoms with Crippen LogP contribution in [-0.2, 0) is 18.3 Å². The average molecular weight is 554 g/mol. The van der Waals surface area contributed by atoms with Gasteiger partial charge in [-0.2, -0.15) is 0 Å². The second kappa shape index (κ2) is 10.2. The van der Waals surface area contributed by atoms with E-state index in [4.69, 9.17) is 9.47 Å². The minimum Gasteiger partial charge on any atom is -0.492 e. The smallest absolute Gasteiger partial charge is 0.306 e. The third-order valence-corrected chi connectivity index (χ3v) is 8.60. The number of nitrogens with zero attached hydrogens (tertiary/aromatic N) is 1. The molecule has 3 atom stereocenters. The van der Waals surface area contributed by atoms with Crippen molar-refractivity contribution in [2.45, 2.75) is 45.6 Å². The van der Waals surface area contributed by atoms with Crippen LogP contribution in [0.3, 0.4) is 0 Å². The van der Waals surface area contributed by atoms with Gasteiger partial charge in [-0.05, 0) is 83.8 Å². The predicted molar refractivity (Wildman–Crippen MR) is 155 cm³/mol. The Hall–Kier alpha value is -4.39. The van der Waals surface area contributed by atoms with Gasteiger partial charge in [0.25, 0.3) is 5.56 Å². The van der Waals surface area contributed by atoms with E-state index in [1.54, 1.807) is 36.9 Å². The number of aliphatic carboxylic acids is 1. The highest BCUT2D eigenvalue weighted by molar-refractivity contribution is 5.79. The SMILES string of the molecule is Cc1cc(-c2ccn(C)c(=O)c2)cc(C)c1-c1ccc(F)c2c1CC[C@H]2Oc1ccc2c(c1)OC[C@H]2C(C)C(=O)O. The molecule has 0 radical (unpaired) electrons. The Morgan fingerprint density at radius 2 is 1.83 bits per heavy atom. The molecule has 1 aliphatic heterocycles. The number of hydrogen-bond donors (Lipinski definition) is 1. The Kier molecular flexibility index (Phi) is 6.68. The lowest BCUT2D eigenvalue weighted by Gasteiger charge is -2.19. The minimum absolute atomic E-state index is 0.0613. The number of hydrogen-bond acceptors (Lipinski definition) is 4. The van der Waals surface area contributed by atoms with Crippen molar-refractivity contribution >= 4 is 5.97 Å². The Morgan fingerprint density at radius 3 is 2.54 bits per heavy atom. The molecule has 0 amide bonds. The topological polar surface area (TPSA) is 77.8 Å². The van der Waals surface area contributed by atoms with Gasteiger partial charge in [-0.15, -0.1) is 0 Å². The first kappa shape index (κ1) is 26.8. The maximum absolute atomic E-state index is 15.3. The molecule has 2 aliphatic rings. The zero-order valence-electron chi connectivity index (χ0n) is 23.5. The summed E-state index contributed by atoms with van der Waals surface area (Å²) in [6.07, 6.45) is 2.65. The molecule has 1 N–H and O–H groups in total. The first-order valence-electron chi connectivity index (χ1n) is 13.9. The van der Waals surface area contributed by atoms with Crippen molar-refractivity contribution in [2.24, 2.45) is 13.0 Å². The molecule has 1 aromatic heterocycles. The van der Waals surface area contributed by atoms with Crippen molar-refractivity contribution in [1.82, 2.24) is 4.57 Å². The van der Waals surface area contributed by atoms with Crippen LogP contribution in [0.2, 0.25) is 0 Å². The van der Waals surface area contributed by atoms with Gasteiger partial charge >= 0.3 is 5.97 Å². The highest BCUT2D eigenvalue weighted by atomic mass is 19.1. The van der Waals surface area contributed by atoms with Crippen molar-refractivity contribution in [3.63, 3.8) is 0 Å². The molecule has 6 nitrogen and oxygen atoms in total. The van der Waals surface area contributed by atoms with Gasteiger partial charge < -0.3 is 19.1 Å². The van der Waals surface area contributed by atoms with Crippen molar-refractivity contribution < 1.29 is 23.8 Å². The van der Waals surface area contributed by atoms with Crippen LogP contribution >= 0.6 is 0 Å². The lowest BCUT2D eigenvalue weighted by Crippen LogP contribution is -2.19. The van der Waals surface area contributed by atoms with Crippen molar-refractivity contribution in [3.8, 4) is 33.8 Å². The molecule has 6 rings (SSSR count). The Morgan fingerprint density at radius 1 is 1.07 bits per heavy atom. The second-order valence-corrected chi connectivity index (χ2v) is 11.2. The summed E-state index contributed by atoms with van der Waals surface area (Å²) in [6.45, 7) is 6.10. The molecular weight excluding hydrogens is 521 g/mol. The molecule has 0 saturated carbocycles. The number of benzene rings is 3. The van der Waals surface area contributed by atoms with E-state index in [0.29, 0.717) is 36.5 Å². The van der Waals surface area contributed by atoms with Crippen molar-refractivity contribution in [2.75, 3.05) is 6.61 Å². The molecule has 1 aliphatic carbocycles. The number of aromatic nitrogens is 1. The van der Waals surface area contributed by atoms with Crippen molar-refractivity contribution in [1.29, 1.82) is 0 Å². The normalized spacial score (nSPS) is 18.0. The van der Waals surface area contributed by atoms with Gasteiger partial charge in [0.1, 0.15) is 23.4 Å². The third kappa shape index (κ3) is 4.69. The van der Waals surface area contributed by atoms with Gasteiger partial charge in [0.15, 0.2) is 0 Å². The number of halogens is 1. The van der Waals surface area contributed by atoms with Crippen LogP contribution in [0.5, 0.6) is 11.5 Å².